The number of hydrogen-bond donors (Lipinski definition) is 2. The van der Waals surface area contributed by atoms with Gasteiger partial charge in [-0.3, -0.25) is 4.79 Å². The summed E-state index contributed by atoms with van der Waals surface area (Å²) >= 11 is 4.97. The molecule has 1 atom stereocenters. The third-order valence-corrected chi connectivity index (χ3v) is 4.89. The Bertz CT molecular complexity index is 620. The number of nitrogens with one attached hydrogen (secondary N) is 2. The number of rotatable bonds is 4. The zero-order chi connectivity index (χ0) is 14.7. The van der Waals surface area contributed by atoms with Crippen molar-refractivity contribution in [2.24, 2.45) is 0 Å². The molecule has 3 rings (SSSR count). The smallest absolute Gasteiger partial charge is 0.243 e. The predicted octanol–water partition coefficient (Wildman–Crippen LogP) is 3.19. The Morgan fingerprint density at radius 2 is 2.24 bits per heavy atom. The molecule has 1 aliphatic heterocycles. The van der Waals surface area contributed by atoms with Gasteiger partial charge in [0, 0.05) is 22.0 Å². The largest absolute Gasteiger partial charge is 0.306 e. The maximum atomic E-state index is 12.0. The average molecular weight is 366 g/mol. The first-order valence-electron chi connectivity index (χ1n) is 6.94. The number of hydrogen-bond acceptors (Lipinski definition) is 4. The molecule has 2 heterocycles. The lowest BCUT2D eigenvalue weighted by molar-refractivity contribution is -0.117. The van der Waals surface area contributed by atoms with Crippen molar-refractivity contribution in [3.05, 3.63) is 45.4 Å². The van der Waals surface area contributed by atoms with E-state index in [4.69, 9.17) is 0 Å². The van der Waals surface area contributed by atoms with E-state index in [1.165, 1.54) is 16.9 Å². The van der Waals surface area contributed by atoms with Crippen LogP contribution < -0.4 is 10.6 Å². The lowest BCUT2D eigenvalue weighted by Gasteiger charge is -2.08. The van der Waals surface area contributed by atoms with Gasteiger partial charge < -0.3 is 10.6 Å². The van der Waals surface area contributed by atoms with Crippen LogP contribution in [0.25, 0.3) is 0 Å². The van der Waals surface area contributed by atoms with Gasteiger partial charge in [0.05, 0.1) is 6.04 Å². The quantitative estimate of drug-likeness (QED) is 0.874. The van der Waals surface area contributed by atoms with E-state index >= 15 is 0 Å². The lowest BCUT2D eigenvalue weighted by Crippen LogP contribution is -2.35. The zero-order valence-corrected chi connectivity index (χ0v) is 13.8. The number of halogens is 1. The fourth-order valence-electron chi connectivity index (χ4n) is 2.35. The fourth-order valence-corrected chi connectivity index (χ4v) is 3.47. The van der Waals surface area contributed by atoms with Crippen molar-refractivity contribution in [3.63, 3.8) is 0 Å². The Balaban J connectivity index is 1.60. The highest BCUT2D eigenvalue weighted by atomic mass is 79.9. The first kappa shape index (κ1) is 14.7. The Morgan fingerprint density at radius 3 is 2.95 bits per heavy atom. The van der Waals surface area contributed by atoms with Gasteiger partial charge in [-0.2, -0.15) is 0 Å². The van der Waals surface area contributed by atoms with Crippen molar-refractivity contribution in [2.75, 3.05) is 11.9 Å². The summed E-state index contributed by atoms with van der Waals surface area (Å²) in [5.74, 6) is 0.0250. The third kappa shape index (κ3) is 3.90. The molecule has 0 spiro atoms. The molecule has 2 N–H and O–H groups in total. The molecule has 1 aromatic carbocycles. The topological polar surface area (TPSA) is 54.0 Å². The Morgan fingerprint density at radius 1 is 1.43 bits per heavy atom. The summed E-state index contributed by atoms with van der Waals surface area (Å²) in [4.78, 5) is 17.4. The van der Waals surface area contributed by atoms with Crippen LogP contribution in [0.2, 0.25) is 0 Å². The second-order valence-corrected chi connectivity index (χ2v) is 7.10. The van der Waals surface area contributed by atoms with Crippen LogP contribution >= 0.6 is 27.3 Å². The van der Waals surface area contributed by atoms with Gasteiger partial charge in [0.1, 0.15) is 0 Å². The van der Waals surface area contributed by atoms with E-state index in [1.54, 1.807) is 0 Å². The SMILES string of the molecule is O=C(Nc1ncc(Cc2ccc(Br)cc2)s1)C1CCCN1. The fraction of sp³-hybridized carbons (Fsp3) is 0.333. The highest BCUT2D eigenvalue weighted by Gasteiger charge is 2.22. The summed E-state index contributed by atoms with van der Waals surface area (Å²) in [6.45, 7) is 0.921. The van der Waals surface area contributed by atoms with Crippen molar-refractivity contribution in [1.29, 1.82) is 0 Å². The Hall–Kier alpha value is -1.24. The summed E-state index contributed by atoms with van der Waals surface area (Å²) in [6, 6.07) is 8.17. The van der Waals surface area contributed by atoms with Gasteiger partial charge in [-0.05, 0) is 37.1 Å². The van der Waals surface area contributed by atoms with Crippen molar-refractivity contribution >= 4 is 38.3 Å². The molecular formula is C15H16BrN3OS. The molecule has 0 saturated carbocycles. The summed E-state index contributed by atoms with van der Waals surface area (Å²) < 4.78 is 1.08. The van der Waals surface area contributed by atoms with Crippen LogP contribution in [0, 0.1) is 0 Å². The van der Waals surface area contributed by atoms with Gasteiger partial charge in [0.2, 0.25) is 5.91 Å². The summed E-state index contributed by atoms with van der Waals surface area (Å²) in [5, 5.41) is 6.77. The van der Waals surface area contributed by atoms with Gasteiger partial charge in [-0.15, -0.1) is 11.3 Å². The number of amides is 1. The monoisotopic (exact) mass is 365 g/mol. The molecular weight excluding hydrogens is 350 g/mol. The molecule has 1 fully saturated rings. The normalized spacial score (nSPS) is 17.9. The summed E-state index contributed by atoms with van der Waals surface area (Å²) in [6.07, 6.45) is 4.64. The molecule has 1 aromatic heterocycles. The Kier molecular flexibility index (Phi) is 4.67. The first-order valence-corrected chi connectivity index (χ1v) is 8.55. The molecule has 0 radical (unpaired) electrons. The van der Waals surface area contributed by atoms with E-state index in [9.17, 15) is 4.79 Å². The summed E-state index contributed by atoms with van der Waals surface area (Å²) in [7, 11) is 0. The molecule has 1 amide bonds. The van der Waals surface area contributed by atoms with E-state index in [2.05, 4.69) is 43.7 Å². The highest BCUT2D eigenvalue weighted by Crippen LogP contribution is 2.22. The van der Waals surface area contributed by atoms with E-state index < -0.39 is 0 Å². The van der Waals surface area contributed by atoms with E-state index in [0.29, 0.717) is 5.13 Å². The van der Waals surface area contributed by atoms with Crippen LogP contribution in [-0.2, 0) is 11.2 Å². The van der Waals surface area contributed by atoms with E-state index in [1.807, 2.05) is 18.3 Å². The van der Waals surface area contributed by atoms with Gasteiger partial charge in [-0.1, -0.05) is 28.1 Å². The minimum absolute atomic E-state index is 0.0250. The second-order valence-electron chi connectivity index (χ2n) is 5.07. The third-order valence-electron chi connectivity index (χ3n) is 3.45. The molecule has 0 aliphatic carbocycles. The van der Waals surface area contributed by atoms with Crippen LogP contribution in [0.15, 0.2) is 34.9 Å². The molecule has 1 aliphatic rings. The second kappa shape index (κ2) is 6.68. The maximum absolute atomic E-state index is 12.0. The lowest BCUT2D eigenvalue weighted by atomic mass is 10.1. The van der Waals surface area contributed by atoms with Crippen LogP contribution in [0.5, 0.6) is 0 Å². The van der Waals surface area contributed by atoms with Crippen LogP contribution in [0.3, 0.4) is 0 Å². The molecule has 21 heavy (non-hydrogen) atoms. The van der Waals surface area contributed by atoms with Crippen molar-refractivity contribution in [3.8, 4) is 0 Å². The number of carbonyl (C=O) groups excluding carboxylic acids is 1. The van der Waals surface area contributed by atoms with E-state index in [0.717, 1.165) is 35.2 Å². The molecule has 110 valence electrons. The molecule has 2 aromatic rings. The van der Waals surface area contributed by atoms with Gasteiger partial charge in [-0.25, -0.2) is 4.98 Å². The van der Waals surface area contributed by atoms with Crippen LogP contribution in [-0.4, -0.2) is 23.5 Å². The van der Waals surface area contributed by atoms with Crippen LogP contribution in [0.1, 0.15) is 23.3 Å². The zero-order valence-electron chi connectivity index (χ0n) is 11.4. The van der Waals surface area contributed by atoms with Crippen molar-refractivity contribution in [1.82, 2.24) is 10.3 Å². The minimum Gasteiger partial charge on any atom is -0.306 e. The molecule has 0 bridgehead atoms. The van der Waals surface area contributed by atoms with Gasteiger partial charge in [0.25, 0.3) is 0 Å². The molecule has 1 saturated heterocycles. The molecule has 1 unspecified atom stereocenters. The standard InChI is InChI=1S/C15H16BrN3OS/c16-11-5-3-10(4-6-11)8-12-9-18-15(21-12)19-14(20)13-2-1-7-17-13/h3-6,9,13,17H,1-2,7-8H2,(H,18,19,20). The highest BCUT2D eigenvalue weighted by molar-refractivity contribution is 9.10. The molecule has 6 heteroatoms. The van der Waals surface area contributed by atoms with Crippen molar-refractivity contribution in [2.45, 2.75) is 25.3 Å². The van der Waals surface area contributed by atoms with Crippen LogP contribution in [0.4, 0.5) is 5.13 Å². The summed E-state index contributed by atoms with van der Waals surface area (Å²) in [5.41, 5.74) is 1.23. The number of aromatic nitrogens is 1. The average Bonchev–Trinajstić information content (AvgIpc) is 3.13. The van der Waals surface area contributed by atoms with Gasteiger partial charge in [0.15, 0.2) is 5.13 Å². The first-order chi connectivity index (χ1) is 10.2. The molecule has 4 nitrogen and oxygen atoms in total. The number of benzene rings is 1. The van der Waals surface area contributed by atoms with Crippen molar-refractivity contribution < 1.29 is 4.79 Å². The number of thiazole rings is 1. The minimum atomic E-state index is -0.0659. The maximum Gasteiger partial charge on any atom is 0.243 e. The van der Waals surface area contributed by atoms with E-state index in [-0.39, 0.29) is 11.9 Å². The number of anilines is 1. The predicted molar refractivity (Wildman–Crippen MR) is 88.7 cm³/mol. The number of carbonyl (C=O) groups is 1. The van der Waals surface area contributed by atoms with Gasteiger partial charge >= 0.3 is 0 Å². The Labute approximate surface area is 136 Å². The number of nitrogens with zero attached hydrogens (tertiary/aromatic N) is 1.